The maximum Gasteiger partial charge on any atom is 0.328 e. The molecule has 0 saturated heterocycles. The van der Waals surface area contributed by atoms with Gasteiger partial charge in [0.15, 0.2) is 0 Å². The monoisotopic (exact) mass is 274 g/mol. The molecule has 1 aromatic rings. The van der Waals surface area contributed by atoms with E-state index < -0.39 is 0 Å². The van der Waals surface area contributed by atoms with Crippen molar-refractivity contribution in [1.82, 2.24) is 9.55 Å². The first-order valence-corrected chi connectivity index (χ1v) is 5.51. The van der Waals surface area contributed by atoms with Gasteiger partial charge in [-0.3, -0.25) is 9.36 Å². The SMILES string of the molecule is Cc1[nH]c(=O)n(CC(C)(C)C)c(=O)c1Br. The molecule has 84 valence electrons. The van der Waals surface area contributed by atoms with Crippen molar-refractivity contribution in [3.05, 3.63) is 31.0 Å². The largest absolute Gasteiger partial charge is 0.328 e. The predicted octanol–water partition coefficient (Wildman–Crippen LogP) is 1.65. The normalized spacial score (nSPS) is 11.8. The summed E-state index contributed by atoms with van der Waals surface area (Å²) in [5, 5.41) is 0. The molecule has 0 aliphatic heterocycles. The number of hydrogen-bond donors (Lipinski definition) is 1. The van der Waals surface area contributed by atoms with Crippen LogP contribution in [0.25, 0.3) is 0 Å². The number of rotatable bonds is 1. The Morgan fingerprint density at radius 3 is 2.33 bits per heavy atom. The maximum absolute atomic E-state index is 11.8. The Kier molecular flexibility index (Phi) is 3.23. The highest BCUT2D eigenvalue weighted by atomic mass is 79.9. The van der Waals surface area contributed by atoms with Gasteiger partial charge in [-0.25, -0.2) is 4.79 Å². The molecular formula is C10H15BrN2O2. The number of nitrogens with zero attached hydrogens (tertiary/aromatic N) is 1. The summed E-state index contributed by atoms with van der Waals surface area (Å²) < 4.78 is 1.64. The fourth-order valence-electron chi connectivity index (χ4n) is 1.27. The number of H-pyrrole nitrogens is 1. The Morgan fingerprint density at radius 2 is 1.87 bits per heavy atom. The summed E-state index contributed by atoms with van der Waals surface area (Å²) in [6.07, 6.45) is 0. The maximum atomic E-state index is 11.8. The van der Waals surface area contributed by atoms with E-state index in [-0.39, 0.29) is 16.7 Å². The molecule has 0 aromatic carbocycles. The number of aromatic nitrogens is 2. The fraction of sp³-hybridized carbons (Fsp3) is 0.600. The van der Waals surface area contributed by atoms with Gasteiger partial charge in [0, 0.05) is 12.2 Å². The number of aryl methyl sites for hydroxylation is 1. The Labute approximate surface area is 96.5 Å². The van der Waals surface area contributed by atoms with Crippen LogP contribution in [-0.4, -0.2) is 9.55 Å². The molecule has 1 aromatic heterocycles. The molecule has 0 aliphatic carbocycles. The van der Waals surface area contributed by atoms with E-state index in [0.717, 1.165) is 0 Å². The van der Waals surface area contributed by atoms with Gasteiger partial charge in [0.2, 0.25) is 0 Å². The van der Waals surface area contributed by atoms with E-state index in [1.165, 1.54) is 4.57 Å². The summed E-state index contributed by atoms with van der Waals surface area (Å²) in [4.78, 5) is 26.0. The van der Waals surface area contributed by atoms with Crippen LogP contribution in [0.4, 0.5) is 0 Å². The minimum Gasteiger partial charge on any atom is -0.310 e. The number of halogens is 1. The third-order valence-corrected chi connectivity index (χ3v) is 2.87. The second-order valence-corrected chi connectivity index (χ2v) is 5.61. The van der Waals surface area contributed by atoms with Gasteiger partial charge >= 0.3 is 5.69 Å². The number of hydrogen-bond acceptors (Lipinski definition) is 2. The number of aromatic amines is 1. The van der Waals surface area contributed by atoms with Crippen molar-refractivity contribution in [2.45, 2.75) is 34.2 Å². The molecule has 1 N–H and O–H groups in total. The van der Waals surface area contributed by atoms with Crippen LogP contribution in [0.3, 0.4) is 0 Å². The van der Waals surface area contributed by atoms with Gasteiger partial charge in [0.25, 0.3) is 5.56 Å². The van der Waals surface area contributed by atoms with Gasteiger partial charge in [-0.15, -0.1) is 0 Å². The van der Waals surface area contributed by atoms with Crippen LogP contribution in [0, 0.1) is 12.3 Å². The van der Waals surface area contributed by atoms with Gasteiger partial charge in [0.05, 0.1) is 0 Å². The van der Waals surface area contributed by atoms with Crippen LogP contribution < -0.4 is 11.2 Å². The van der Waals surface area contributed by atoms with Gasteiger partial charge in [-0.05, 0) is 28.3 Å². The summed E-state index contributed by atoms with van der Waals surface area (Å²) in [5.74, 6) is 0. The van der Waals surface area contributed by atoms with E-state index in [2.05, 4.69) is 20.9 Å². The highest BCUT2D eigenvalue weighted by Gasteiger charge is 2.16. The number of nitrogens with one attached hydrogen (secondary N) is 1. The molecule has 4 nitrogen and oxygen atoms in total. The molecule has 0 unspecified atom stereocenters. The summed E-state index contributed by atoms with van der Waals surface area (Å²) in [6.45, 7) is 8.03. The van der Waals surface area contributed by atoms with Crippen molar-refractivity contribution in [2.24, 2.45) is 5.41 Å². The van der Waals surface area contributed by atoms with Crippen molar-refractivity contribution in [3.63, 3.8) is 0 Å². The van der Waals surface area contributed by atoms with E-state index in [1.807, 2.05) is 20.8 Å². The lowest BCUT2D eigenvalue weighted by Gasteiger charge is -2.19. The van der Waals surface area contributed by atoms with Crippen molar-refractivity contribution in [2.75, 3.05) is 0 Å². The summed E-state index contributed by atoms with van der Waals surface area (Å²) in [6, 6.07) is 0. The summed E-state index contributed by atoms with van der Waals surface area (Å²) in [7, 11) is 0. The van der Waals surface area contributed by atoms with Crippen molar-refractivity contribution >= 4 is 15.9 Å². The molecule has 15 heavy (non-hydrogen) atoms. The fourth-order valence-corrected chi connectivity index (χ4v) is 1.58. The zero-order chi connectivity index (χ0) is 11.8. The van der Waals surface area contributed by atoms with E-state index in [4.69, 9.17) is 0 Å². The molecule has 0 bridgehead atoms. The standard InChI is InChI=1S/C10H15BrN2O2/c1-6-7(11)8(14)13(9(15)12-6)5-10(2,3)4/h5H2,1-4H3,(H,12,15). The van der Waals surface area contributed by atoms with Crippen LogP contribution in [0.1, 0.15) is 26.5 Å². The molecule has 0 atom stereocenters. The van der Waals surface area contributed by atoms with E-state index in [9.17, 15) is 9.59 Å². The highest BCUT2D eigenvalue weighted by Crippen LogP contribution is 2.14. The molecule has 1 rings (SSSR count). The second-order valence-electron chi connectivity index (χ2n) is 4.82. The first kappa shape index (κ1) is 12.2. The Hall–Kier alpha value is -0.840. The van der Waals surface area contributed by atoms with E-state index in [1.54, 1.807) is 6.92 Å². The van der Waals surface area contributed by atoms with Crippen LogP contribution in [0.5, 0.6) is 0 Å². The van der Waals surface area contributed by atoms with Crippen molar-refractivity contribution in [3.8, 4) is 0 Å². The summed E-state index contributed by atoms with van der Waals surface area (Å²) >= 11 is 3.17. The van der Waals surface area contributed by atoms with Gasteiger partial charge in [0.1, 0.15) is 4.47 Å². The third kappa shape index (κ3) is 2.81. The molecule has 0 aliphatic rings. The quantitative estimate of drug-likeness (QED) is 0.847. The van der Waals surface area contributed by atoms with Crippen LogP contribution >= 0.6 is 15.9 Å². The Balaban J connectivity index is 3.38. The van der Waals surface area contributed by atoms with Crippen LogP contribution in [0.15, 0.2) is 14.1 Å². The molecule has 0 amide bonds. The molecule has 1 heterocycles. The second kappa shape index (κ2) is 3.96. The van der Waals surface area contributed by atoms with Crippen molar-refractivity contribution in [1.29, 1.82) is 0 Å². The lowest BCUT2D eigenvalue weighted by atomic mass is 9.97. The van der Waals surface area contributed by atoms with E-state index >= 15 is 0 Å². The van der Waals surface area contributed by atoms with Gasteiger partial charge < -0.3 is 4.98 Å². The lowest BCUT2D eigenvalue weighted by Crippen LogP contribution is -2.39. The topological polar surface area (TPSA) is 54.9 Å². The average molecular weight is 275 g/mol. The van der Waals surface area contributed by atoms with Gasteiger partial charge in [-0.2, -0.15) is 0 Å². The zero-order valence-corrected chi connectivity index (χ0v) is 10.9. The third-order valence-electron chi connectivity index (χ3n) is 1.93. The molecule has 0 spiro atoms. The average Bonchev–Trinajstić information content (AvgIpc) is 2.07. The highest BCUT2D eigenvalue weighted by molar-refractivity contribution is 9.10. The van der Waals surface area contributed by atoms with Crippen LogP contribution in [0.2, 0.25) is 0 Å². The molecule has 0 fully saturated rings. The first-order chi connectivity index (χ1) is 6.72. The minimum atomic E-state index is -0.351. The Morgan fingerprint density at radius 1 is 1.33 bits per heavy atom. The zero-order valence-electron chi connectivity index (χ0n) is 9.35. The minimum absolute atomic E-state index is 0.106. The lowest BCUT2D eigenvalue weighted by molar-refractivity contribution is 0.329. The molecule has 0 saturated carbocycles. The smallest absolute Gasteiger partial charge is 0.310 e. The van der Waals surface area contributed by atoms with E-state index in [0.29, 0.717) is 16.7 Å². The predicted molar refractivity (Wildman–Crippen MR) is 63.2 cm³/mol. The van der Waals surface area contributed by atoms with Crippen molar-refractivity contribution < 1.29 is 0 Å². The molecule has 0 radical (unpaired) electrons. The molecule has 5 heteroatoms. The Bertz CT molecular complexity index is 480. The van der Waals surface area contributed by atoms with Gasteiger partial charge in [-0.1, -0.05) is 20.8 Å². The first-order valence-electron chi connectivity index (χ1n) is 4.71. The van der Waals surface area contributed by atoms with Crippen LogP contribution in [-0.2, 0) is 6.54 Å². The molecular weight excluding hydrogens is 260 g/mol. The summed E-state index contributed by atoms with van der Waals surface area (Å²) in [5.41, 5.74) is -0.164.